The second kappa shape index (κ2) is 4.99. The quantitative estimate of drug-likeness (QED) is 0.545. The van der Waals surface area contributed by atoms with Crippen LogP contribution in [0, 0.1) is 0 Å². The number of alkyl halides is 1. The number of hydrogen-bond donors (Lipinski definition) is 3. The molecule has 2 aliphatic heterocycles. The fraction of sp³-hybridized carbons (Fsp3) is 0.700. The number of nitrogens with zero attached hydrogens (tertiary/aromatic N) is 1. The maximum absolute atomic E-state index is 13.8. The Balaban J connectivity index is 2.11. The fourth-order valence-corrected chi connectivity index (χ4v) is 1.93. The van der Waals surface area contributed by atoms with E-state index in [1.54, 1.807) is 12.2 Å². The lowest BCUT2D eigenvalue weighted by atomic mass is 10.1. The molecule has 0 unspecified atom stereocenters. The van der Waals surface area contributed by atoms with Gasteiger partial charge < -0.3 is 20.3 Å². The van der Waals surface area contributed by atoms with Crippen molar-refractivity contribution in [3.05, 3.63) is 12.2 Å². The fourth-order valence-electron chi connectivity index (χ4n) is 1.93. The Morgan fingerprint density at radius 2 is 2.35 bits per heavy atom. The molecule has 7 heteroatoms. The first-order chi connectivity index (χ1) is 8.15. The largest absolute Gasteiger partial charge is 0.394 e. The van der Waals surface area contributed by atoms with E-state index in [2.05, 4.69) is 5.32 Å². The summed E-state index contributed by atoms with van der Waals surface area (Å²) in [6.45, 7) is 0.107. The van der Waals surface area contributed by atoms with Crippen molar-refractivity contribution in [3.8, 4) is 0 Å². The minimum Gasteiger partial charge on any atom is -0.394 e. The van der Waals surface area contributed by atoms with Crippen molar-refractivity contribution < 1.29 is 24.1 Å². The molecule has 2 heterocycles. The number of carbonyl (C=O) groups is 1. The van der Waals surface area contributed by atoms with Crippen LogP contribution in [0.15, 0.2) is 12.2 Å². The maximum Gasteiger partial charge on any atom is 0.320 e. The van der Waals surface area contributed by atoms with E-state index >= 15 is 0 Å². The van der Waals surface area contributed by atoms with Crippen LogP contribution < -0.4 is 5.32 Å². The Hall–Kier alpha value is -1.18. The lowest BCUT2D eigenvalue weighted by Crippen LogP contribution is -2.49. The van der Waals surface area contributed by atoms with Crippen LogP contribution in [-0.4, -0.2) is 65.4 Å². The van der Waals surface area contributed by atoms with Gasteiger partial charge >= 0.3 is 6.03 Å². The van der Waals surface area contributed by atoms with E-state index in [1.807, 2.05) is 0 Å². The summed E-state index contributed by atoms with van der Waals surface area (Å²) in [6, 6.07) is -0.451. The van der Waals surface area contributed by atoms with Gasteiger partial charge in [0.2, 0.25) is 0 Å². The van der Waals surface area contributed by atoms with Crippen molar-refractivity contribution >= 4 is 6.03 Å². The first-order valence-electron chi connectivity index (χ1n) is 5.43. The summed E-state index contributed by atoms with van der Waals surface area (Å²) in [5.41, 5.74) is 0. The Morgan fingerprint density at radius 1 is 1.59 bits per heavy atom. The molecule has 0 aromatic rings. The minimum atomic E-state index is -1.72. The van der Waals surface area contributed by atoms with Gasteiger partial charge in [-0.2, -0.15) is 0 Å². The molecule has 4 atom stereocenters. The van der Waals surface area contributed by atoms with Crippen LogP contribution in [0.3, 0.4) is 0 Å². The average Bonchev–Trinajstić information content (AvgIpc) is 2.51. The molecule has 2 aliphatic rings. The topological polar surface area (TPSA) is 82.0 Å². The molecule has 0 aromatic heterocycles. The van der Waals surface area contributed by atoms with Gasteiger partial charge in [-0.05, 0) is 0 Å². The first-order valence-corrected chi connectivity index (χ1v) is 5.43. The number of halogens is 1. The molecule has 2 amide bonds. The van der Waals surface area contributed by atoms with Gasteiger partial charge in [0.15, 0.2) is 12.4 Å². The molecule has 1 saturated heterocycles. The molecule has 17 heavy (non-hydrogen) atoms. The summed E-state index contributed by atoms with van der Waals surface area (Å²) in [5, 5.41) is 20.9. The van der Waals surface area contributed by atoms with Gasteiger partial charge in [-0.15, -0.1) is 0 Å². The van der Waals surface area contributed by atoms with E-state index in [4.69, 9.17) is 9.84 Å². The molecule has 0 saturated carbocycles. The van der Waals surface area contributed by atoms with Crippen LogP contribution in [0.5, 0.6) is 0 Å². The average molecular weight is 246 g/mol. The van der Waals surface area contributed by atoms with E-state index in [1.165, 1.54) is 0 Å². The summed E-state index contributed by atoms with van der Waals surface area (Å²) >= 11 is 0. The lowest BCUT2D eigenvalue weighted by molar-refractivity contribution is -0.0672. The molecule has 1 fully saturated rings. The minimum absolute atomic E-state index is 0.210. The molecule has 3 N–H and O–H groups in total. The number of rotatable bonds is 2. The van der Waals surface area contributed by atoms with Crippen LogP contribution in [0.25, 0.3) is 0 Å². The second-order valence-corrected chi connectivity index (χ2v) is 3.99. The highest BCUT2D eigenvalue weighted by Gasteiger charge is 2.47. The number of carbonyl (C=O) groups excluding carboxylic acids is 1. The summed E-state index contributed by atoms with van der Waals surface area (Å²) in [7, 11) is 0. The summed E-state index contributed by atoms with van der Waals surface area (Å²) in [4.78, 5) is 12.8. The molecule has 0 radical (unpaired) electrons. The van der Waals surface area contributed by atoms with Crippen molar-refractivity contribution in [2.24, 2.45) is 0 Å². The smallest absolute Gasteiger partial charge is 0.320 e. The van der Waals surface area contributed by atoms with Gasteiger partial charge in [-0.1, -0.05) is 12.2 Å². The van der Waals surface area contributed by atoms with Crippen LogP contribution in [0.2, 0.25) is 0 Å². The van der Waals surface area contributed by atoms with Gasteiger partial charge in [0, 0.05) is 13.1 Å². The normalized spacial score (nSPS) is 38.1. The van der Waals surface area contributed by atoms with Gasteiger partial charge in [-0.25, -0.2) is 9.18 Å². The zero-order valence-corrected chi connectivity index (χ0v) is 9.12. The number of hydrogen-bond acceptors (Lipinski definition) is 4. The summed E-state index contributed by atoms with van der Waals surface area (Å²) in [6.07, 6.45) is -1.82. The third kappa shape index (κ3) is 2.26. The number of ether oxygens (including phenoxy) is 1. The summed E-state index contributed by atoms with van der Waals surface area (Å²) in [5.74, 6) is 0. The predicted molar refractivity (Wildman–Crippen MR) is 55.9 cm³/mol. The van der Waals surface area contributed by atoms with E-state index in [0.29, 0.717) is 6.54 Å². The lowest BCUT2D eigenvalue weighted by Gasteiger charge is -2.27. The van der Waals surface area contributed by atoms with Crippen LogP contribution in [0.4, 0.5) is 9.18 Å². The highest BCUT2D eigenvalue weighted by Crippen LogP contribution is 2.26. The Labute approximate surface area is 97.7 Å². The van der Waals surface area contributed by atoms with Crippen molar-refractivity contribution in [3.63, 3.8) is 0 Å². The SMILES string of the molecule is O=C1NCC=CCN1[C@@H]1O[C@H](CO)[C@@H](O)[C@@H]1F. The molecular weight excluding hydrogens is 231 g/mol. The van der Waals surface area contributed by atoms with E-state index in [9.17, 15) is 14.3 Å². The Morgan fingerprint density at radius 3 is 3.00 bits per heavy atom. The number of aliphatic hydroxyl groups excluding tert-OH is 2. The summed E-state index contributed by atoms with van der Waals surface area (Å²) < 4.78 is 18.9. The van der Waals surface area contributed by atoms with Crippen molar-refractivity contribution in [2.45, 2.75) is 24.6 Å². The van der Waals surface area contributed by atoms with Crippen molar-refractivity contribution in [1.82, 2.24) is 10.2 Å². The van der Waals surface area contributed by atoms with Crippen LogP contribution in [-0.2, 0) is 4.74 Å². The van der Waals surface area contributed by atoms with E-state index < -0.39 is 37.2 Å². The molecule has 96 valence electrons. The second-order valence-electron chi connectivity index (χ2n) is 3.99. The molecule has 0 aromatic carbocycles. The number of nitrogens with one attached hydrogen (secondary N) is 1. The van der Waals surface area contributed by atoms with E-state index in [0.717, 1.165) is 4.90 Å². The van der Waals surface area contributed by atoms with Crippen LogP contribution in [0.1, 0.15) is 0 Å². The highest BCUT2D eigenvalue weighted by molar-refractivity contribution is 5.75. The van der Waals surface area contributed by atoms with Gasteiger partial charge in [-0.3, -0.25) is 4.90 Å². The molecule has 0 aliphatic carbocycles. The number of amides is 2. The zero-order chi connectivity index (χ0) is 12.4. The molecular formula is C10H15FN2O4. The number of aliphatic hydroxyl groups is 2. The van der Waals surface area contributed by atoms with Gasteiger partial charge in [0.1, 0.15) is 12.2 Å². The monoisotopic (exact) mass is 246 g/mol. The molecule has 2 rings (SSSR count). The Kier molecular flexibility index (Phi) is 3.60. The van der Waals surface area contributed by atoms with E-state index in [-0.39, 0.29) is 6.54 Å². The number of urea groups is 1. The van der Waals surface area contributed by atoms with Crippen LogP contribution >= 0.6 is 0 Å². The predicted octanol–water partition coefficient (Wildman–Crippen LogP) is -1.02. The molecule has 6 nitrogen and oxygen atoms in total. The highest BCUT2D eigenvalue weighted by atomic mass is 19.1. The molecule has 0 spiro atoms. The van der Waals surface area contributed by atoms with Gasteiger partial charge in [0.25, 0.3) is 0 Å². The maximum atomic E-state index is 13.8. The standard InChI is InChI=1S/C10H15FN2O4/c11-7-8(15)6(5-14)17-9(7)13-4-2-1-3-12-10(13)16/h1-2,6-9,14-15H,3-5H2,(H,12,16)/t6-,7+,8-,9-/m1/s1. The third-order valence-corrected chi connectivity index (χ3v) is 2.88. The zero-order valence-electron chi connectivity index (χ0n) is 9.12. The third-order valence-electron chi connectivity index (χ3n) is 2.88. The first kappa shape index (κ1) is 12.3. The van der Waals surface area contributed by atoms with Crippen molar-refractivity contribution in [1.29, 1.82) is 0 Å². The van der Waals surface area contributed by atoms with Crippen molar-refractivity contribution in [2.75, 3.05) is 19.7 Å². The molecule has 0 bridgehead atoms. The van der Waals surface area contributed by atoms with Gasteiger partial charge in [0.05, 0.1) is 6.61 Å². The Bertz CT molecular complexity index is 325.